The zero-order chi connectivity index (χ0) is 11.5. The first-order valence-electron chi connectivity index (χ1n) is 5.06. The average molecular weight is 226 g/mol. The van der Waals surface area contributed by atoms with Crippen LogP contribution in [0.25, 0.3) is 0 Å². The van der Waals surface area contributed by atoms with E-state index in [4.69, 9.17) is 9.47 Å². The van der Waals surface area contributed by atoms with Crippen molar-refractivity contribution in [3.8, 4) is 5.75 Å². The summed E-state index contributed by atoms with van der Waals surface area (Å²) in [5.41, 5.74) is 0. The van der Waals surface area contributed by atoms with Gasteiger partial charge in [-0.2, -0.15) is 0 Å². The van der Waals surface area contributed by atoms with Crippen LogP contribution < -0.4 is 4.74 Å². The molecule has 4 atom stereocenters. The molecule has 1 aliphatic heterocycles. The molecule has 0 aliphatic carbocycles. The van der Waals surface area contributed by atoms with Crippen molar-refractivity contribution in [2.24, 2.45) is 0 Å². The van der Waals surface area contributed by atoms with E-state index in [1.165, 1.54) is 0 Å². The van der Waals surface area contributed by atoms with Gasteiger partial charge in [0.2, 0.25) is 6.29 Å². The number of ether oxygens (including phenoxy) is 2. The fourth-order valence-corrected chi connectivity index (χ4v) is 1.52. The minimum absolute atomic E-state index is 0.0598. The Morgan fingerprint density at radius 1 is 1.06 bits per heavy atom. The van der Waals surface area contributed by atoms with Gasteiger partial charge in [-0.1, -0.05) is 18.2 Å². The molecule has 2 rings (SSSR count). The molecule has 1 heterocycles. The first-order valence-corrected chi connectivity index (χ1v) is 5.06. The second kappa shape index (κ2) is 4.80. The molecule has 5 nitrogen and oxygen atoms in total. The molecule has 3 N–H and O–H groups in total. The van der Waals surface area contributed by atoms with Gasteiger partial charge in [0.15, 0.2) is 0 Å². The van der Waals surface area contributed by atoms with Crippen LogP contribution in [0, 0.1) is 0 Å². The molecule has 1 aromatic rings. The largest absolute Gasteiger partial charge is 0.462 e. The SMILES string of the molecule is O[C@@H]1[C@@H](Oc2ccccc2)OC[C@@H](O)[C@@H]1O. The van der Waals surface area contributed by atoms with Gasteiger partial charge in [-0.05, 0) is 12.1 Å². The van der Waals surface area contributed by atoms with E-state index >= 15 is 0 Å². The number of aliphatic hydroxyl groups is 3. The van der Waals surface area contributed by atoms with Crippen LogP contribution in [0.5, 0.6) is 5.75 Å². The van der Waals surface area contributed by atoms with Crippen molar-refractivity contribution in [1.82, 2.24) is 0 Å². The highest BCUT2D eigenvalue weighted by Gasteiger charge is 2.38. The molecule has 0 unspecified atom stereocenters. The Bertz CT molecular complexity index is 328. The molecule has 0 bridgehead atoms. The lowest BCUT2D eigenvalue weighted by atomic mass is 10.1. The van der Waals surface area contributed by atoms with Crippen molar-refractivity contribution in [3.05, 3.63) is 30.3 Å². The molecule has 0 spiro atoms. The quantitative estimate of drug-likeness (QED) is 0.634. The predicted octanol–water partition coefficient (Wildman–Crippen LogP) is -0.496. The predicted molar refractivity (Wildman–Crippen MR) is 54.8 cm³/mol. The van der Waals surface area contributed by atoms with E-state index in [0.717, 1.165) is 0 Å². The fraction of sp³-hybridized carbons (Fsp3) is 0.455. The summed E-state index contributed by atoms with van der Waals surface area (Å²) in [4.78, 5) is 0. The van der Waals surface area contributed by atoms with Gasteiger partial charge in [0.05, 0.1) is 6.61 Å². The zero-order valence-electron chi connectivity index (χ0n) is 8.56. The zero-order valence-corrected chi connectivity index (χ0v) is 8.56. The van der Waals surface area contributed by atoms with Gasteiger partial charge < -0.3 is 24.8 Å². The number of aliphatic hydroxyl groups excluding tert-OH is 3. The number of hydrogen-bond acceptors (Lipinski definition) is 5. The maximum atomic E-state index is 9.61. The van der Waals surface area contributed by atoms with E-state index in [-0.39, 0.29) is 6.61 Å². The standard InChI is InChI=1S/C11H14O5/c12-8-6-15-11(10(14)9(8)13)16-7-4-2-1-3-5-7/h1-5,8-14H,6H2/t8-,9+,10+,11-/m1/s1. The summed E-state index contributed by atoms with van der Waals surface area (Å²) >= 11 is 0. The molecular weight excluding hydrogens is 212 g/mol. The molecule has 16 heavy (non-hydrogen) atoms. The highest BCUT2D eigenvalue weighted by atomic mass is 16.7. The molecule has 88 valence electrons. The van der Waals surface area contributed by atoms with Crippen LogP contribution in [0.2, 0.25) is 0 Å². The van der Waals surface area contributed by atoms with Crippen molar-refractivity contribution < 1.29 is 24.8 Å². The van der Waals surface area contributed by atoms with E-state index < -0.39 is 24.6 Å². The third kappa shape index (κ3) is 2.33. The summed E-state index contributed by atoms with van der Waals surface area (Å²) in [6, 6.07) is 8.84. The first-order chi connectivity index (χ1) is 7.68. The number of hydrogen-bond donors (Lipinski definition) is 3. The van der Waals surface area contributed by atoms with Crippen molar-refractivity contribution in [2.75, 3.05) is 6.61 Å². The summed E-state index contributed by atoms with van der Waals surface area (Å²) in [5, 5.41) is 28.3. The molecular formula is C11H14O5. The van der Waals surface area contributed by atoms with E-state index in [1.54, 1.807) is 24.3 Å². The average Bonchev–Trinajstić information content (AvgIpc) is 2.31. The monoisotopic (exact) mass is 226 g/mol. The smallest absolute Gasteiger partial charge is 0.228 e. The summed E-state index contributed by atoms with van der Waals surface area (Å²) in [6.07, 6.45) is -4.54. The highest BCUT2D eigenvalue weighted by molar-refractivity contribution is 5.21. The molecule has 0 aromatic heterocycles. The Morgan fingerprint density at radius 2 is 1.75 bits per heavy atom. The van der Waals surface area contributed by atoms with Crippen LogP contribution in [0.1, 0.15) is 0 Å². The van der Waals surface area contributed by atoms with Crippen LogP contribution in [-0.4, -0.2) is 46.5 Å². The molecule has 1 fully saturated rings. The Balaban J connectivity index is 2.00. The minimum atomic E-state index is -1.26. The van der Waals surface area contributed by atoms with E-state index in [2.05, 4.69) is 0 Å². The van der Waals surface area contributed by atoms with Gasteiger partial charge >= 0.3 is 0 Å². The molecule has 0 saturated carbocycles. The maximum absolute atomic E-state index is 9.61. The lowest BCUT2D eigenvalue weighted by Gasteiger charge is -2.34. The van der Waals surface area contributed by atoms with Gasteiger partial charge in [0, 0.05) is 0 Å². The van der Waals surface area contributed by atoms with E-state index in [9.17, 15) is 15.3 Å². The Hall–Kier alpha value is -1.14. The van der Waals surface area contributed by atoms with Gasteiger partial charge in [-0.3, -0.25) is 0 Å². The third-order valence-electron chi connectivity index (χ3n) is 2.45. The van der Waals surface area contributed by atoms with Gasteiger partial charge in [0.25, 0.3) is 0 Å². The van der Waals surface area contributed by atoms with Crippen LogP contribution in [0.15, 0.2) is 30.3 Å². The van der Waals surface area contributed by atoms with Crippen LogP contribution in [0.3, 0.4) is 0 Å². The van der Waals surface area contributed by atoms with E-state index in [1.807, 2.05) is 6.07 Å². The molecule has 1 aliphatic rings. The summed E-state index contributed by atoms with van der Waals surface area (Å²) in [7, 11) is 0. The summed E-state index contributed by atoms with van der Waals surface area (Å²) in [6.45, 7) is -0.0598. The first kappa shape index (κ1) is 11.3. The Labute approximate surface area is 92.9 Å². The van der Waals surface area contributed by atoms with Crippen LogP contribution in [0.4, 0.5) is 0 Å². The minimum Gasteiger partial charge on any atom is -0.462 e. The third-order valence-corrected chi connectivity index (χ3v) is 2.45. The number of benzene rings is 1. The van der Waals surface area contributed by atoms with E-state index in [0.29, 0.717) is 5.75 Å². The van der Waals surface area contributed by atoms with Crippen molar-refractivity contribution in [1.29, 1.82) is 0 Å². The second-order valence-corrected chi connectivity index (χ2v) is 3.68. The highest BCUT2D eigenvalue weighted by Crippen LogP contribution is 2.19. The van der Waals surface area contributed by atoms with Crippen molar-refractivity contribution in [2.45, 2.75) is 24.6 Å². The lowest BCUT2D eigenvalue weighted by molar-refractivity contribution is -0.242. The molecule has 5 heteroatoms. The van der Waals surface area contributed by atoms with Crippen LogP contribution in [-0.2, 0) is 4.74 Å². The Kier molecular flexibility index (Phi) is 3.40. The van der Waals surface area contributed by atoms with Gasteiger partial charge in [-0.15, -0.1) is 0 Å². The number of para-hydroxylation sites is 1. The Morgan fingerprint density at radius 3 is 2.44 bits per heavy atom. The fourth-order valence-electron chi connectivity index (χ4n) is 1.52. The second-order valence-electron chi connectivity index (χ2n) is 3.68. The molecule has 1 aromatic carbocycles. The summed E-state index contributed by atoms with van der Waals surface area (Å²) in [5.74, 6) is 0.537. The van der Waals surface area contributed by atoms with Crippen LogP contribution >= 0.6 is 0 Å². The lowest BCUT2D eigenvalue weighted by Crippen LogP contribution is -2.54. The van der Waals surface area contributed by atoms with Crippen molar-refractivity contribution >= 4 is 0 Å². The molecule has 0 amide bonds. The normalized spacial score (nSPS) is 34.7. The summed E-state index contributed by atoms with van der Waals surface area (Å²) < 4.78 is 10.4. The maximum Gasteiger partial charge on any atom is 0.228 e. The van der Waals surface area contributed by atoms with Gasteiger partial charge in [0.1, 0.15) is 24.1 Å². The topological polar surface area (TPSA) is 79.2 Å². The molecule has 1 saturated heterocycles. The molecule has 0 radical (unpaired) electrons. The number of rotatable bonds is 2. The van der Waals surface area contributed by atoms with Gasteiger partial charge in [-0.25, -0.2) is 0 Å². The van der Waals surface area contributed by atoms with Crippen molar-refractivity contribution in [3.63, 3.8) is 0 Å².